The maximum atomic E-state index is 12.4. The Morgan fingerprint density at radius 3 is 2.78 bits per heavy atom. The first-order chi connectivity index (χ1) is 13.3. The highest BCUT2D eigenvalue weighted by Gasteiger charge is 2.13. The molecule has 138 valence electrons. The molecule has 0 aliphatic carbocycles. The Morgan fingerprint density at radius 1 is 1.07 bits per heavy atom. The van der Waals surface area contributed by atoms with Crippen LogP contribution in [0.25, 0.3) is 10.8 Å². The van der Waals surface area contributed by atoms with Crippen molar-refractivity contribution in [3.8, 4) is 0 Å². The van der Waals surface area contributed by atoms with Gasteiger partial charge in [-0.15, -0.1) is 0 Å². The molecule has 27 heavy (non-hydrogen) atoms. The number of nitrogens with zero attached hydrogens (tertiary/aromatic N) is 3. The molecule has 6 nitrogen and oxygen atoms in total. The molecule has 3 aromatic rings. The highest BCUT2D eigenvalue weighted by atomic mass is 16.5. The molecule has 1 aliphatic heterocycles. The van der Waals surface area contributed by atoms with Gasteiger partial charge in [-0.3, -0.25) is 4.79 Å². The van der Waals surface area contributed by atoms with Crippen LogP contribution in [0.5, 0.6) is 0 Å². The van der Waals surface area contributed by atoms with Gasteiger partial charge >= 0.3 is 0 Å². The lowest BCUT2D eigenvalue weighted by Crippen LogP contribution is -2.37. The number of aromatic nitrogens is 2. The summed E-state index contributed by atoms with van der Waals surface area (Å²) in [5.74, 6) is 1.46. The number of ether oxygens (including phenoxy) is 1. The van der Waals surface area contributed by atoms with Crippen molar-refractivity contribution in [1.29, 1.82) is 0 Å². The van der Waals surface area contributed by atoms with Gasteiger partial charge in [-0.25, -0.2) is 9.97 Å². The molecule has 0 atom stereocenters. The van der Waals surface area contributed by atoms with E-state index in [9.17, 15) is 4.79 Å². The first kappa shape index (κ1) is 17.4. The van der Waals surface area contributed by atoms with Gasteiger partial charge in [0.2, 0.25) is 5.91 Å². The third-order valence-corrected chi connectivity index (χ3v) is 4.70. The third kappa shape index (κ3) is 4.23. The number of nitrogens with one attached hydrogen (secondary N) is 1. The number of carbonyl (C=O) groups excluding carboxylic acids is 1. The molecule has 1 aromatic heterocycles. The molecule has 0 spiro atoms. The molecule has 0 unspecified atom stereocenters. The van der Waals surface area contributed by atoms with Crippen LogP contribution in [0.4, 0.5) is 5.82 Å². The molecule has 1 aliphatic rings. The molecule has 4 rings (SSSR count). The van der Waals surface area contributed by atoms with E-state index in [-0.39, 0.29) is 5.91 Å². The van der Waals surface area contributed by atoms with Gasteiger partial charge in [0, 0.05) is 19.3 Å². The van der Waals surface area contributed by atoms with Gasteiger partial charge < -0.3 is 15.0 Å². The van der Waals surface area contributed by atoms with E-state index in [0.29, 0.717) is 32.0 Å². The van der Waals surface area contributed by atoms with E-state index in [0.717, 1.165) is 35.2 Å². The summed E-state index contributed by atoms with van der Waals surface area (Å²) in [6.45, 7) is 3.39. The minimum Gasteiger partial charge on any atom is -0.378 e. The van der Waals surface area contributed by atoms with E-state index in [1.165, 1.54) is 0 Å². The summed E-state index contributed by atoms with van der Waals surface area (Å²) in [4.78, 5) is 23.4. The van der Waals surface area contributed by atoms with Gasteiger partial charge in [-0.1, -0.05) is 42.5 Å². The largest absolute Gasteiger partial charge is 0.378 e. The molecular formula is C21H22N4O2. The number of carbonyl (C=O) groups is 1. The van der Waals surface area contributed by atoms with Crippen LogP contribution in [0, 0.1) is 0 Å². The van der Waals surface area contributed by atoms with Crippen molar-refractivity contribution >= 4 is 22.5 Å². The Morgan fingerprint density at radius 2 is 1.89 bits per heavy atom. The maximum absolute atomic E-state index is 12.4. The topological polar surface area (TPSA) is 67.4 Å². The van der Waals surface area contributed by atoms with Crippen LogP contribution in [-0.4, -0.2) is 42.2 Å². The van der Waals surface area contributed by atoms with Crippen LogP contribution in [0.15, 0.2) is 54.7 Å². The van der Waals surface area contributed by atoms with Crippen molar-refractivity contribution in [3.63, 3.8) is 0 Å². The van der Waals surface area contributed by atoms with Crippen molar-refractivity contribution in [2.75, 3.05) is 31.2 Å². The predicted molar refractivity (Wildman–Crippen MR) is 105 cm³/mol. The first-order valence-corrected chi connectivity index (χ1v) is 9.17. The number of morpholine rings is 1. The lowest BCUT2D eigenvalue weighted by Gasteiger charge is -2.27. The molecule has 6 heteroatoms. The zero-order chi connectivity index (χ0) is 18.5. The fourth-order valence-electron chi connectivity index (χ4n) is 3.30. The third-order valence-electron chi connectivity index (χ3n) is 4.70. The fourth-order valence-corrected chi connectivity index (χ4v) is 3.30. The van der Waals surface area contributed by atoms with Crippen LogP contribution in [0.3, 0.4) is 0 Å². The predicted octanol–water partition coefficient (Wildman–Crippen LogP) is 2.33. The number of hydrogen-bond donors (Lipinski definition) is 1. The van der Waals surface area contributed by atoms with Crippen molar-refractivity contribution in [3.05, 3.63) is 66.1 Å². The van der Waals surface area contributed by atoms with Gasteiger partial charge in [0.1, 0.15) is 11.6 Å². The van der Waals surface area contributed by atoms with E-state index in [1.807, 2.05) is 36.4 Å². The molecule has 1 amide bonds. The van der Waals surface area contributed by atoms with E-state index < -0.39 is 0 Å². The molecule has 1 saturated heterocycles. The molecule has 0 radical (unpaired) electrons. The van der Waals surface area contributed by atoms with E-state index in [1.54, 1.807) is 6.20 Å². The van der Waals surface area contributed by atoms with E-state index in [2.05, 4.69) is 32.3 Å². The number of amides is 1. The average molecular weight is 362 g/mol. The Balaban J connectivity index is 1.39. The van der Waals surface area contributed by atoms with Crippen LogP contribution >= 0.6 is 0 Å². The normalized spacial score (nSPS) is 14.3. The number of fused-ring (bicyclic) bond motifs is 1. The SMILES string of the molecule is O=C(Cc1cccc2ccccc12)NCc1nccc(N2CCOCC2)n1. The number of rotatable bonds is 5. The molecule has 1 N–H and O–H groups in total. The maximum Gasteiger partial charge on any atom is 0.224 e. The molecule has 1 fully saturated rings. The zero-order valence-corrected chi connectivity index (χ0v) is 15.1. The standard InChI is InChI=1S/C21H22N4O2/c26-21(14-17-6-3-5-16-4-1-2-7-18(16)17)23-15-19-22-9-8-20(24-19)25-10-12-27-13-11-25/h1-9H,10-15H2,(H,23,26). The summed E-state index contributed by atoms with van der Waals surface area (Å²) in [6, 6.07) is 16.0. The summed E-state index contributed by atoms with van der Waals surface area (Å²) < 4.78 is 5.38. The number of benzene rings is 2. The summed E-state index contributed by atoms with van der Waals surface area (Å²) in [5, 5.41) is 5.19. The smallest absolute Gasteiger partial charge is 0.224 e. The Labute approximate surface area is 158 Å². The lowest BCUT2D eigenvalue weighted by molar-refractivity contribution is -0.120. The Kier molecular flexibility index (Phi) is 5.25. The van der Waals surface area contributed by atoms with Crippen molar-refractivity contribution < 1.29 is 9.53 Å². The van der Waals surface area contributed by atoms with Crippen molar-refractivity contribution in [2.24, 2.45) is 0 Å². The van der Waals surface area contributed by atoms with Gasteiger partial charge in [0.25, 0.3) is 0 Å². The summed E-state index contributed by atoms with van der Waals surface area (Å²) in [5.41, 5.74) is 1.02. The average Bonchev–Trinajstić information content (AvgIpc) is 2.73. The molecule has 2 heterocycles. The lowest BCUT2D eigenvalue weighted by atomic mass is 10.0. The fraction of sp³-hybridized carbons (Fsp3) is 0.286. The monoisotopic (exact) mass is 362 g/mol. The molecule has 2 aromatic carbocycles. The first-order valence-electron chi connectivity index (χ1n) is 9.17. The van der Waals surface area contributed by atoms with Gasteiger partial charge in [-0.05, 0) is 22.4 Å². The zero-order valence-electron chi connectivity index (χ0n) is 15.1. The minimum absolute atomic E-state index is 0.0354. The minimum atomic E-state index is -0.0354. The molecular weight excluding hydrogens is 340 g/mol. The van der Waals surface area contributed by atoms with Crippen LogP contribution in [0.2, 0.25) is 0 Å². The van der Waals surface area contributed by atoms with Crippen molar-refractivity contribution in [1.82, 2.24) is 15.3 Å². The molecule has 0 bridgehead atoms. The highest BCUT2D eigenvalue weighted by molar-refractivity contribution is 5.90. The van der Waals surface area contributed by atoms with Gasteiger partial charge in [-0.2, -0.15) is 0 Å². The highest BCUT2D eigenvalue weighted by Crippen LogP contribution is 2.19. The second kappa shape index (κ2) is 8.14. The Hall–Kier alpha value is -2.99. The quantitative estimate of drug-likeness (QED) is 0.754. The van der Waals surface area contributed by atoms with Crippen LogP contribution < -0.4 is 10.2 Å². The second-order valence-corrected chi connectivity index (χ2v) is 6.52. The summed E-state index contributed by atoms with van der Waals surface area (Å²) in [7, 11) is 0. The van der Waals surface area contributed by atoms with Crippen molar-refractivity contribution in [2.45, 2.75) is 13.0 Å². The van der Waals surface area contributed by atoms with Crippen LogP contribution in [0.1, 0.15) is 11.4 Å². The van der Waals surface area contributed by atoms with E-state index in [4.69, 9.17) is 4.74 Å². The second-order valence-electron chi connectivity index (χ2n) is 6.52. The number of anilines is 1. The van der Waals surface area contributed by atoms with Gasteiger partial charge in [0.15, 0.2) is 0 Å². The summed E-state index contributed by atoms with van der Waals surface area (Å²) >= 11 is 0. The summed E-state index contributed by atoms with van der Waals surface area (Å²) in [6.07, 6.45) is 2.08. The van der Waals surface area contributed by atoms with Crippen LogP contribution in [-0.2, 0) is 22.5 Å². The van der Waals surface area contributed by atoms with Gasteiger partial charge in [0.05, 0.1) is 26.2 Å². The van der Waals surface area contributed by atoms with E-state index >= 15 is 0 Å². The molecule has 0 saturated carbocycles. The Bertz CT molecular complexity index is 933. The number of hydrogen-bond acceptors (Lipinski definition) is 5.